The molecule has 0 aliphatic carbocycles. The molecule has 2 heterocycles. The monoisotopic (exact) mass is 454 g/mol. The minimum absolute atomic E-state index is 0.0361. The molecule has 1 saturated heterocycles. The zero-order valence-electron chi connectivity index (χ0n) is 15.4. The van der Waals surface area contributed by atoms with Crippen LogP contribution in [0.5, 0.6) is 0 Å². The topological polar surface area (TPSA) is 84.3 Å². The molecule has 0 saturated carbocycles. The van der Waals surface area contributed by atoms with Crippen molar-refractivity contribution < 1.29 is 13.2 Å². The first kappa shape index (κ1) is 20.0. The average Bonchev–Trinajstić information content (AvgIpc) is 3.15. The Morgan fingerprint density at radius 2 is 2.19 bits per heavy atom. The summed E-state index contributed by atoms with van der Waals surface area (Å²) >= 11 is 3.44. The van der Waals surface area contributed by atoms with Gasteiger partial charge in [-0.15, -0.1) is 0 Å². The number of hydrogen-bond donors (Lipinski definition) is 1. The summed E-state index contributed by atoms with van der Waals surface area (Å²) in [4.78, 5) is 16.7. The lowest BCUT2D eigenvalue weighted by Crippen LogP contribution is -2.43. The van der Waals surface area contributed by atoms with Crippen molar-refractivity contribution in [2.75, 3.05) is 18.4 Å². The number of benzene rings is 1. The van der Waals surface area contributed by atoms with Crippen LogP contribution in [0.2, 0.25) is 0 Å². The number of nitrogens with zero attached hydrogens (tertiary/aromatic N) is 3. The lowest BCUT2D eigenvalue weighted by atomic mass is 9.98. The number of imidazole rings is 1. The van der Waals surface area contributed by atoms with E-state index in [4.69, 9.17) is 0 Å². The number of aromatic nitrogens is 2. The summed E-state index contributed by atoms with van der Waals surface area (Å²) < 4.78 is 29.7. The SMILES string of the molecule is CCn1cnc(S(=O)(=O)N2CCC[C@H](C(=O)Nc3ccc(Br)c(C)c3)C2)c1. The third-order valence-corrected chi connectivity index (χ3v) is 7.40. The lowest BCUT2D eigenvalue weighted by molar-refractivity contribution is -0.120. The molecule has 1 aromatic carbocycles. The number of rotatable bonds is 5. The van der Waals surface area contributed by atoms with E-state index >= 15 is 0 Å². The van der Waals surface area contributed by atoms with E-state index in [1.807, 2.05) is 32.0 Å². The molecule has 1 aliphatic heterocycles. The van der Waals surface area contributed by atoms with Crippen LogP contribution >= 0.6 is 15.9 Å². The summed E-state index contributed by atoms with van der Waals surface area (Å²) in [5.41, 5.74) is 1.73. The number of carbonyl (C=O) groups excluding carboxylic acids is 1. The third-order valence-electron chi connectivity index (χ3n) is 4.76. The summed E-state index contributed by atoms with van der Waals surface area (Å²) in [5, 5.41) is 2.94. The summed E-state index contributed by atoms with van der Waals surface area (Å²) in [7, 11) is -3.69. The fourth-order valence-electron chi connectivity index (χ4n) is 3.12. The Kier molecular flexibility index (Phi) is 6.02. The van der Waals surface area contributed by atoms with Crippen molar-refractivity contribution in [1.82, 2.24) is 13.9 Å². The zero-order valence-corrected chi connectivity index (χ0v) is 17.8. The summed E-state index contributed by atoms with van der Waals surface area (Å²) in [6.07, 6.45) is 4.35. The predicted octanol–water partition coefficient (Wildman–Crippen LogP) is 3.01. The zero-order chi connectivity index (χ0) is 19.6. The van der Waals surface area contributed by atoms with Gasteiger partial charge in [0.15, 0.2) is 5.03 Å². The van der Waals surface area contributed by atoms with E-state index in [2.05, 4.69) is 26.2 Å². The smallest absolute Gasteiger partial charge is 0.262 e. The van der Waals surface area contributed by atoms with E-state index < -0.39 is 10.0 Å². The maximum atomic E-state index is 12.8. The molecule has 1 fully saturated rings. The molecule has 0 unspecified atom stereocenters. The molecule has 7 nitrogen and oxygen atoms in total. The van der Waals surface area contributed by atoms with Crippen molar-refractivity contribution >= 4 is 37.5 Å². The van der Waals surface area contributed by atoms with Crippen LogP contribution in [-0.4, -0.2) is 41.3 Å². The molecule has 1 aliphatic rings. The minimum atomic E-state index is -3.69. The van der Waals surface area contributed by atoms with Gasteiger partial charge in [0.25, 0.3) is 10.0 Å². The van der Waals surface area contributed by atoms with Gasteiger partial charge >= 0.3 is 0 Å². The van der Waals surface area contributed by atoms with Crippen LogP contribution in [0.3, 0.4) is 0 Å². The van der Waals surface area contributed by atoms with Gasteiger partial charge < -0.3 is 9.88 Å². The highest BCUT2D eigenvalue weighted by Crippen LogP contribution is 2.25. The minimum Gasteiger partial charge on any atom is -0.336 e. The summed E-state index contributed by atoms with van der Waals surface area (Å²) in [6.45, 7) is 5.10. The number of nitrogens with one attached hydrogen (secondary N) is 1. The van der Waals surface area contributed by atoms with Gasteiger partial charge in [0.2, 0.25) is 5.91 Å². The maximum absolute atomic E-state index is 12.8. The molecule has 3 rings (SSSR count). The van der Waals surface area contributed by atoms with Crippen LogP contribution in [0.15, 0.2) is 40.2 Å². The van der Waals surface area contributed by atoms with Crippen molar-refractivity contribution in [2.45, 2.75) is 38.3 Å². The number of hydrogen-bond acceptors (Lipinski definition) is 4. The van der Waals surface area contributed by atoms with Gasteiger partial charge in [-0.3, -0.25) is 4.79 Å². The molecular formula is C18H23BrN4O3S. The Hall–Kier alpha value is -1.71. The molecule has 0 bridgehead atoms. The van der Waals surface area contributed by atoms with Crippen molar-refractivity contribution in [3.63, 3.8) is 0 Å². The van der Waals surface area contributed by atoms with Crippen LogP contribution in [0.1, 0.15) is 25.3 Å². The van der Waals surface area contributed by atoms with Crippen molar-refractivity contribution in [2.24, 2.45) is 5.92 Å². The molecule has 1 N–H and O–H groups in total. The van der Waals surface area contributed by atoms with E-state index in [-0.39, 0.29) is 23.4 Å². The highest BCUT2D eigenvalue weighted by Gasteiger charge is 2.34. The van der Waals surface area contributed by atoms with Crippen LogP contribution in [0.25, 0.3) is 0 Å². The van der Waals surface area contributed by atoms with E-state index in [1.165, 1.54) is 16.8 Å². The highest BCUT2D eigenvalue weighted by atomic mass is 79.9. The fourth-order valence-corrected chi connectivity index (χ4v) is 4.83. The van der Waals surface area contributed by atoms with Gasteiger partial charge in [-0.25, -0.2) is 13.4 Å². The summed E-state index contributed by atoms with van der Waals surface area (Å²) in [6, 6.07) is 5.59. The van der Waals surface area contributed by atoms with E-state index in [0.29, 0.717) is 31.6 Å². The lowest BCUT2D eigenvalue weighted by Gasteiger charge is -2.30. The maximum Gasteiger partial charge on any atom is 0.262 e. The van der Waals surface area contributed by atoms with Crippen LogP contribution < -0.4 is 5.32 Å². The fraction of sp³-hybridized carbons (Fsp3) is 0.444. The van der Waals surface area contributed by atoms with E-state index in [0.717, 1.165) is 10.0 Å². The number of amides is 1. The Bertz CT molecular complexity index is 942. The first-order valence-electron chi connectivity index (χ1n) is 8.90. The highest BCUT2D eigenvalue weighted by molar-refractivity contribution is 9.10. The van der Waals surface area contributed by atoms with Crippen LogP contribution in [0.4, 0.5) is 5.69 Å². The number of anilines is 1. The second kappa shape index (κ2) is 8.12. The van der Waals surface area contributed by atoms with Gasteiger partial charge in [0.1, 0.15) is 0 Å². The number of piperidine rings is 1. The molecule has 1 amide bonds. The number of sulfonamides is 1. The van der Waals surface area contributed by atoms with Crippen molar-refractivity contribution in [3.8, 4) is 0 Å². The molecule has 2 aromatic rings. The molecule has 1 aromatic heterocycles. The molecule has 0 spiro atoms. The molecule has 9 heteroatoms. The standard InChI is InChI=1S/C18H23BrN4O3S/c1-3-22-11-17(20-12-22)27(25,26)23-8-4-5-14(10-23)18(24)21-15-6-7-16(19)13(2)9-15/h6-7,9,11-12,14H,3-5,8,10H2,1-2H3,(H,21,24)/t14-/m0/s1. The van der Waals surface area contributed by atoms with Gasteiger partial charge in [-0.05, 0) is 50.5 Å². The number of aryl methyl sites for hydroxylation is 2. The second-order valence-corrected chi connectivity index (χ2v) is 9.44. The van der Waals surface area contributed by atoms with Crippen molar-refractivity contribution in [3.05, 3.63) is 40.8 Å². The Morgan fingerprint density at radius 1 is 1.41 bits per heavy atom. The Labute approximate surface area is 168 Å². The summed E-state index contributed by atoms with van der Waals surface area (Å²) in [5.74, 6) is -0.540. The second-order valence-electron chi connectivity index (χ2n) is 6.70. The van der Waals surface area contributed by atoms with Crippen molar-refractivity contribution in [1.29, 1.82) is 0 Å². The average molecular weight is 455 g/mol. The normalized spacial score (nSPS) is 18.4. The Balaban J connectivity index is 1.71. The predicted molar refractivity (Wildman–Crippen MR) is 107 cm³/mol. The van der Waals surface area contributed by atoms with Gasteiger partial charge in [-0.2, -0.15) is 4.31 Å². The third kappa shape index (κ3) is 4.41. The van der Waals surface area contributed by atoms with Crippen LogP contribution in [-0.2, 0) is 21.4 Å². The molecular weight excluding hydrogens is 432 g/mol. The largest absolute Gasteiger partial charge is 0.336 e. The Morgan fingerprint density at radius 3 is 2.85 bits per heavy atom. The first-order valence-corrected chi connectivity index (χ1v) is 11.1. The first-order chi connectivity index (χ1) is 12.8. The van der Waals surface area contributed by atoms with Gasteiger partial charge in [0, 0.05) is 36.0 Å². The molecule has 0 radical (unpaired) electrons. The quantitative estimate of drug-likeness (QED) is 0.752. The van der Waals surface area contributed by atoms with Gasteiger partial charge in [-0.1, -0.05) is 15.9 Å². The van der Waals surface area contributed by atoms with E-state index in [9.17, 15) is 13.2 Å². The molecule has 146 valence electrons. The van der Waals surface area contributed by atoms with Gasteiger partial charge in [0.05, 0.1) is 12.2 Å². The van der Waals surface area contributed by atoms with E-state index in [1.54, 1.807) is 4.57 Å². The van der Waals surface area contributed by atoms with Crippen LogP contribution in [0, 0.1) is 12.8 Å². The molecule has 1 atom stereocenters. The number of halogens is 1. The molecule has 27 heavy (non-hydrogen) atoms. The number of carbonyl (C=O) groups is 1.